The van der Waals surface area contributed by atoms with Crippen molar-refractivity contribution in [3.05, 3.63) is 58.3 Å². The number of nitro benzene ring substituents is 1. The Bertz CT molecular complexity index is 591. The lowest BCUT2D eigenvalue weighted by Gasteiger charge is -2.04. The van der Waals surface area contributed by atoms with E-state index in [1.54, 1.807) is 24.4 Å². The second-order valence-electron chi connectivity index (χ2n) is 3.71. The summed E-state index contributed by atoms with van der Waals surface area (Å²) in [5.41, 5.74) is 3.58. The minimum atomic E-state index is -0.373. The van der Waals surface area contributed by atoms with Crippen LogP contribution in [0.1, 0.15) is 5.56 Å². The maximum absolute atomic E-state index is 10.9. The lowest BCUT2D eigenvalue weighted by Crippen LogP contribution is -2.08. The zero-order chi connectivity index (χ0) is 13.7. The number of rotatable bonds is 5. The van der Waals surface area contributed by atoms with E-state index >= 15 is 0 Å². The molecule has 19 heavy (non-hydrogen) atoms. The number of nitrogen functional groups attached to an aromatic ring is 1. The molecule has 0 atom stereocenters. The Hall–Kier alpha value is -2.12. The lowest BCUT2D eigenvalue weighted by atomic mass is 10.3. The molecule has 0 aliphatic carbocycles. The van der Waals surface area contributed by atoms with Crippen LogP contribution in [0.3, 0.4) is 0 Å². The van der Waals surface area contributed by atoms with Crippen LogP contribution in [0, 0.1) is 10.1 Å². The van der Waals surface area contributed by atoms with Crippen molar-refractivity contribution >= 4 is 23.3 Å². The van der Waals surface area contributed by atoms with E-state index in [1.807, 2.05) is 12.1 Å². The van der Waals surface area contributed by atoms with Crippen molar-refractivity contribution in [1.29, 1.82) is 0 Å². The largest absolute Gasteiger partial charge is 0.308 e. The molecule has 6 nitrogen and oxygen atoms in total. The zero-order valence-corrected chi connectivity index (χ0v) is 10.8. The molecule has 0 aliphatic rings. The summed E-state index contributed by atoms with van der Waals surface area (Å²) in [6.45, 7) is 0. The van der Waals surface area contributed by atoms with Crippen molar-refractivity contribution in [3.8, 4) is 0 Å². The molecule has 0 spiro atoms. The molecule has 0 amide bonds. The number of hydrazine groups is 1. The maximum Gasteiger partial charge on any atom is 0.282 e. The number of thioether (sulfide) groups is 1. The first-order valence-electron chi connectivity index (χ1n) is 5.48. The first kappa shape index (κ1) is 13.3. The summed E-state index contributed by atoms with van der Waals surface area (Å²) < 4.78 is 0. The molecule has 0 aliphatic heterocycles. The lowest BCUT2D eigenvalue weighted by molar-refractivity contribution is -0.387. The van der Waals surface area contributed by atoms with Gasteiger partial charge in [-0.1, -0.05) is 12.1 Å². The molecular formula is C12H12N4O2S. The molecule has 0 saturated carbocycles. The van der Waals surface area contributed by atoms with Crippen LogP contribution in [0.2, 0.25) is 0 Å². The van der Waals surface area contributed by atoms with Crippen LogP contribution in [-0.4, -0.2) is 9.91 Å². The van der Waals surface area contributed by atoms with Gasteiger partial charge in [0.25, 0.3) is 5.69 Å². The summed E-state index contributed by atoms with van der Waals surface area (Å²) in [5.74, 6) is 6.46. The monoisotopic (exact) mass is 276 g/mol. The van der Waals surface area contributed by atoms with E-state index in [-0.39, 0.29) is 10.6 Å². The smallest absolute Gasteiger partial charge is 0.282 e. The third kappa shape index (κ3) is 3.43. The van der Waals surface area contributed by atoms with Gasteiger partial charge in [0, 0.05) is 18.0 Å². The maximum atomic E-state index is 10.9. The van der Waals surface area contributed by atoms with Gasteiger partial charge in [-0.3, -0.25) is 10.1 Å². The van der Waals surface area contributed by atoms with E-state index < -0.39 is 0 Å². The first-order chi connectivity index (χ1) is 9.20. The molecule has 0 unspecified atom stereocenters. The summed E-state index contributed by atoms with van der Waals surface area (Å²) in [6, 6.07) is 10.3. The fraction of sp³-hybridized carbons (Fsp3) is 0.0833. The van der Waals surface area contributed by atoms with E-state index in [9.17, 15) is 10.1 Å². The second-order valence-corrected chi connectivity index (χ2v) is 4.72. The predicted molar refractivity (Wildman–Crippen MR) is 74.7 cm³/mol. The second kappa shape index (κ2) is 6.17. The summed E-state index contributed by atoms with van der Waals surface area (Å²) in [6.07, 6.45) is 1.64. The number of para-hydroxylation sites is 1. The minimum absolute atomic E-state index is 0.124. The number of anilines is 1. The van der Waals surface area contributed by atoms with Gasteiger partial charge in [0.05, 0.1) is 9.82 Å². The van der Waals surface area contributed by atoms with E-state index in [4.69, 9.17) is 5.84 Å². The van der Waals surface area contributed by atoms with E-state index in [2.05, 4.69) is 10.4 Å². The van der Waals surface area contributed by atoms with Gasteiger partial charge < -0.3 is 5.43 Å². The summed E-state index contributed by atoms with van der Waals surface area (Å²) in [5, 5.41) is 10.9. The van der Waals surface area contributed by atoms with Crippen molar-refractivity contribution in [2.75, 3.05) is 5.43 Å². The van der Waals surface area contributed by atoms with Gasteiger partial charge in [-0.25, -0.2) is 10.8 Å². The summed E-state index contributed by atoms with van der Waals surface area (Å²) in [7, 11) is 0. The predicted octanol–water partition coefficient (Wildman–Crippen LogP) is 2.57. The van der Waals surface area contributed by atoms with Crippen LogP contribution in [0.15, 0.2) is 47.5 Å². The molecule has 0 radical (unpaired) electrons. The van der Waals surface area contributed by atoms with Crippen LogP contribution in [-0.2, 0) is 5.75 Å². The highest BCUT2D eigenvalue weighted by Gasteiger charge is 2.12. The van der Waals surface area contributed by atoms with Crippen molar-refractivity contribution in [1.82, 2.24) is 4.98 Å². The molecule has 1 heterocycles. The fourth-order valence-electron chi connectivity index (χ4n) is 1.53. The van der Waals surface area contributed by atoms with Gasteiger partial charge in [0.1, 0.15) is 5.82 Å². The number of nitrogens with two attached hydrogens (primary N) is 1. The van der Waals surface area contributed by atoms with Gasteiger partial charge in [-0.05, 0) is 23.8 Å². The Morgan fingerprint density at radius 2 is 2.16 bits per heavy atom. The zero-order valence-electron chi connectivity index (χ0n) is 9.95. The average molecular weight is 276 g/mol. The molecule has 98 valence electrons. The van der Waals surface area contributed by atoms with Gasteiger partial charge in [0.15, 0.2) is 0 Å². The van der Waals surface area contributed by atoms with Gasteiger partial charge in [-0.15, -0.1) is 11.8 Å². The molecule has 0 bridgehead atoms. The van der Waals surface area contributed by atoms with E-state index in [0.29, 0.717) is 16.5 Å². The average Bonchev–Trinajstić information content (AvgIpc) is 2.45. The van der Waals surface area contributed by atoms with Crippen LogP contribution in [0.5, 0.6) is 0 Å². The molecular weight excluding hydrogens is 264 g/mol. The van der Waals surface area contributed by atoms with Crippen molar-refractivity contribution in [2.24, 2.45) is 5.84 Å². The van der Waals surface area contributed by atoms with Crippen LogP contribution >= 0.6 is 11.8 Å². The third-order valence-electron chi connectivity index (χ3n) is 2.43. The Balaban J connectivity index is 2.12. The fourth-order valence-corrected chi connectivity index (χ4v) is 2.50. The highest BCUT2D eigenvalue weighted by molar-refractivity contribution is 7.98. The number of benzene rings is 1. The van der Waals surface area contributed by atoms with Gasteiger partial charge in [-0.2, -0.15) is 0 Å². The van der Waals surface area contributed by atoms with Crippen LogP contribution in [0.4, 0.5) is 11.5 Å². The topological polar surface area (TPSA) is 94.1 Å². The Labute approximate surface area is 114 Å². The number of aromatic nitrogens is 1. The van der Waals surface area contributed by atoms with Crippen molar-refractivity contribution in [3.63, 3.8) is 0 Å². The van der Waals surface area contributed by atoms with E-state index in [0.717, 1.165) is 5.56 Å². The van der Waals surface area contributed by atoms with Gasteiger partial charge in [0.2, 0.25) is 0 Å². The van der Waals surface area contributed by atoms with E-state index in [1.165, 1.54) is 17.8 Å². The molecule has 0 saturated heterocycles. The number of nitrogens with one attached hydrogen (secondary N) is 1. The standard InChI is InChI=1S/C12H12N4O2S/c13-15-12-7-9(5-6-14-12)8-19-11-4-2-1-3-10(11)16(17)18/h1-7H,8,13H2,(H,14,15). The summed E-state index contributed by atoms with van der Waals surface area (Å²) >= 11 is 1.41. The molecule has 0 fully saturated rings. The highest BCUT2D eigenvalue weighted by Crippen LogP contribution is 2.31. The Morgan fingerprint density at radius 3 is 2.89 bits per heavy atom. The number of nitrogens with zero attached hydrogens (tertiary/aromatic N) is 2. The highest BCUT2D eigenvalue weighted by atomic mass is 32.2. The molecule has 7 heteroatoms. The minimum Gasteiger partial charge on any atom is -0.308 e. The van der Waals surface area contributed by atoms with Crippen molar-refractivity contribution < 1.29 is 4.92 Å². The third-order valence-corrected chi connectivity index (χ3v) is 3.56. The molecule has 1 aromatic heterocycles. The first-order valence-corrected chi connectivity index (χ1v) is 6.47. The van der Waals surface area contributed by atoms with Crippen molar-refractivity contribution in [2.45, 2.75) is 10.6 Å². The normalized spacial score (nSPS) is 10.2. The number of pyridine rings is 1. The number of hydrogen-bond donors (Lipinski definition) is 2. The molecule has 1 aromatic carbocycles. The SMILES string of the molecule is NNc1cc(CSc2ccccc2[N+](=O)[O-])ccn1. The summed E-state index contributed by atoms with van der Waals surface area (Å²) in [4.78, 5) is 15.2. The van der Waals surface area contributed by atoms with Crippen LogP contribution in [0.25, 0.3) is 0 Å². The number of hydrogen-bond acceptors (Lipinski definition) is 6. The van der Waals surface area contributed by atoms with Crippen LogP contribution < -0.4 is 11.3 Å². The molecule has 2 rings (SSSR count). The quantitative estimate of drug-likeness (QED) is 0.377. The Morgan fingerprint density at radius 1 is 1.37 bits per heavy atom. The molecule has 2 aromatic rings. The Kier molecular flexibility index (Phi) is 4.32. The molecule has 3 N–H and O–H groups in total. The van der Waals surface area contributed by atoms with Gasteiger partial charge >= 0.3 is 0 Å². The number of nitro groups is 1.